The first-order valence-corrected chi connectivity index (χ1v) is 45.6. The molecule has 16 rings (SSSR count). The van der Waals surface area contributed by atoms with Gasteiger partial charge in [0.1, 0.15) is 45.1 Å². The van der Waals surface area contributed by atoms with E-state index in [1.165, 1.54) is 72.4 Å². The lowest BCUT2D eigenvalue weighted by Crippen LogP contribution is -2.05. The van der Waals surface area contributed by atoms with Crippen LogP contribution in [-0.4, -0.2) is 90.7 Å². The normalized spacial score (nSPS) is 13.1. The van der Waals surface area contributed by atoms with E-state index in [1.807, 2.05) is 23.4 Å². The van der Waals surface area contributed by atoms with Gasteiger partial charge in [-0.15, -0.1) is 22.7 Å². The van der Waals surface area contributed by atoms with Crippen LogP contribution < -0.4 is 18.9 Å². The highest BCUT2D eigenvalue weighted by molar-refractivity contribution is 7.17. The Morgan fingerprint density at radius 2 is 0.625 bits per heavy atom. The van der Waals surface area contributed by atoms with E-state index < -0.39 is 0 Å². The maximum absolute atomic E-state index is 5.68. The van der Waals surface area contributed by atoms with Crippen molar-refractivity contribution in [3.05, 3.63) is 179 Å². The van der Waals surface area contributed by atoms with Crippen molar-refractivity contribution in [1.82, 2.24) is 70.7 Å². The quantitative estimate of drug-likeness (QED) is 0.0872. The van der Waals surface area contributed by atoms with Crippen LogP contribution in [0, 0.1) is 0 Å². The standard InChI is InChI=1S/C15H20.C13H18O2.C12H16N2O.2C12H18N2O.C12H16N2S.C11H15N3O.C11H15N3S/c1-10(2)12-8-9-13(11(3)4)15-7-5-6-14(12)15;1-8(2)10-5-6-11(9(3)4)13-12(10)14-7-15-13;1-7(2)9-5-13-10(8(3)4)12-11(9)14-6-15-12;2*1-7(2)10-9-5-6-15-12(9)11(8(3)4)14-13-10;1-7(2)9-5-13-10(8(3)4)12-11(9)14-6-15-12;2*1-6(2)8-10-11(15-5-12-10)9(7(3)4)14-13-8/h5-6,8-11H,7H2,1-4H3;5-6,8-9H,7H2,1-4H3;5-8H,1-4H3;2*7-8H,5-6H2,1-4H3;5-8H,1-4H3;2*5-7H,1-4H3. The molecule has 0 bridgehead atoms. The van der Waals surface area contributed by atoms with Crippen molar-refractivity contribution in [2.24, 2.45) is 0 Å². The number of pyridine rings is 2. The summed E-state index contributed by atoms with van der Waals surface area (Å²) in [7, 11) is 0. The zero-order valence-electron chi connectivity index (χ0n) is 77.9. The van der Waals surface area contributed by atoms with E-state index in [1.54, 1.807) is 28.2 Å². The second-order valence-corrected chi connectivity index (χ2v) is 38.2. The molecule has 4 aliphatic rings. The Labute approximate surface area is 723 Å². The van der Waals surface area contributed by atoms with Crippen LogP contribution in [0.15, 0.2) is 75.4 Å². The SMILES string of the molecule is CC(C)c1ccc(C(C)C)c2c1C=CC2.CC(C)c1ccc(C(C)C)c2c1OCO2.CC(C)c1cnc(C(C)C)c2ocnc12.CC(C)c1cnc(C(C)C)c2scnc12.CC(C)c1nnc(C(C)C)c2c1CCO2.CC(C)c1nnc(C(C)C)c2c1CCO2.CC(C)c1nnc(C(C)C)c2ocnc12.CC(C)c1nnc(C(C)C)c2scnc12. The highest BCUT2D eigenvalue weighted by Gasteiger charge is 2.30. The number of rotatable bonds is 16. The van der Waals surface area contributed by atoms with Crippen LogP contribution in [0.5, 0.6) is 23.0 Å². The van der Waals surface area contributed by atoms with Crippen molar-refractivity contribution in [3.63, 3.8) is 0 Å². The van der Waals surface area contributed by atoms with Crippen LogP contribution in [-0.2, 0) is 19.3 Å². The third-order valence-corrected chi connectivity index (χ3v) is 23.3. The molecule has 0 unspecified atom stereocenters. The Morgan fingerprint density at radius 3 is 1.07 bits per heavy atom. The van der Waals surface area contributed by atoms with Gasteiger partial charge >= 0.3 is 0 Å². The first kappa shape index (κ1) is 94.6. The van der Waals surface area contributed by atoms with E-state index in [0.717, 1.165) is 146 Å². The Morgan fingerprint density at radius 1 is 0.275 bits per heavy atom. The fraction of sp³-hybridized carbons (Fsp3) is 0.551. The van der Waals surface area contributed by atoms with Gasteiger partial charge in [-0.1, -0.05) is 258 Å². The van der Waals surface area contributed by atoms with Gasteiger partial charge in [-0.3, -0.25) is 9.97 Å². The van der Waals surface area contributed by atoms with Crippen molar-refractivity contribution in [2.75, 3.05) is 20.0 Å². The molecule has 22 heteroatoms. The van der Waals surface area contributed by atoms with Gasteiger partial charge < -0.3 is 27.8 Å². The number of benzene rings is 2. The largest absolute Gasteiger partial charge is 0.491 e. The van der Waals surface area contributed by atoms with Crippen molar-refractivity contribution in [2.45, 2.75) is 336 Å². The van der Waals surface area contributed by atoms with Gasteiger partial charge in [0.05, 0.1) is 79.0 Å². The van der Waals surface area contributed by atoms with Crippen LogP contribution >= 0.6 is 22.7 Å². The zero-order valence-corrected chi connectivity index (χ0v) is 79.6. The van der Waals surface area contributed by atoms with E-state index in [0.29, 0.717) is 101 Å². The fourth-order valence-electron chi connectivity index (χ4n) is 15.0. The first-order valence-electron chi connectivity index (χ1n) is 43.8. The number of nitrogens with zero attached hydrogens (tertiary/aromatic N) is 14. The minimum atomic E-state index is 0.300. The number of hydrogen-bond donors (Lipinski definition) is 0. The number of thiazole rings is 2. The molecule has 0 N–H and O–H groups in total. The first-order chi connectivity index (χ1) is 56.9. The molecule has 2 aromatic carbocycles. The molecule has 3 aliphatic heterocycles. The molecule has 0 fully saturated rings. The predicted molar refractivity (Wildman–Crippen MR) is 494 cm³/mol. The number of oxazole rings is 2. The summed E-state index contributed by atoms with van der Waals surface area (Å²) in [6.07, 6.45) is 14.6. The van der Waals surface area contributed by atoms with Crippen LogP contribution in [0.1, 0.15) is 429 Å². The number of hydrogen-bond acceptors (Lipinski definition) is 22. The van der Waals surface area contributed by atoms with Crippen molar-refractivity contribution < 1.29 is 27.8 Å². The number of allylic oxidation sites excluding steroid dienone is 1. The van der Waals surface area contributed by atoms with Gasteiger partial charge in [-0.05, 0) is 106 Å². The molecule has 120 heavy (non-hydrogen) atoms. The minimum absolute atomic E-state index is 0.300. The van der Waals surface area contributed by atoms with E-state index >= 15 is 0 Å². The maximum Gasteiger partial charge on any atom is 0.231 e. The van der Waals surface area contributed by atoms with Gasteiger partial charge in [0.15, 0.2) is 35.5 Å². The van der Waals surface area contributed by atoms with Gasteiger partial charge in [-0.2, -0.15) is 40.8 Å². The number of ether oxygens (including phenoxy) is 4. The summed E-state index contributed by atoms with van der Waals surface area (Å²) in [6, 6.07) is 8.96. The highest BCUT2D eigenvalue weighted by atomic mass is 32.1. The van der Waals surface area contributed by atoms with Gasteiger partial charge in [-0.25, -0.2) is 19.9 Å². The maximum atomic E-state index is 5.68. The van der Waals surface area contributed by atoms with Crippen LogP contribution in [0.25, 0.3) is 48.7 Å². The van der Waals surface area contributed by atoms with Crippen molar-refractivity contribution in [3.8, 4) is 23.0 Å². The number of aromatic nitrogens is 14. The second kappa shape index (κ2) is 42.5. The lowest BCUT2D eigenvalue weighted by molar-refractivity contribution is 0.172. The Kier molecular flexibility index (Phi) is 33.5. The summed E-state index contributed by atoms with van der Waals surface area (Å²) in [6.45, 7) is 70.9. The van der Waals surface area contributed by atoms with E-state index in [-0.39, 0.29) is 0 Å². The molecule has 0 saturated heterocycles. The van der Waals surface area contributed by atoms with Gasteiger partial charge in [0.25, 0.3) is 0 Å². The topological polar surface area (TPSA) is 244 Å². The smallest absolute Gasteiger partial charge is 0.231 e. The zero-order chi connectivity index (χ0) is 88.0. The summed E-state index contributed by atoms with van der Waals surface area (Å²) in [5, 5.41) is 34.3. The third-order valence-electron chi connectivity index (χ3n) is 21.6. The predicted octanol–water partition coefficient (Wildman–Crippen LogP) is 27.1. The molecule has 0 radical (unpaired) electrons. The molecule has 13 heterocycles. The average Bonchev–Trinajstić information content (AvgIpc) is 1.70. The summed E-state index contributed by atoms with van der Waals surface area (Å²) < 4.78 is 35.8. The summed E-state index contributed by atoms with van der Waals surface area (Å²) in [5.74, 6) is 10.9. The van der Waals surface area contributed by atoms with Crippen molar-refractivity contribution in [1.29, 1.82) is 0 Å². The van der Waals surface area contributed by atoms with Gasteiger partial charge in [0, 0.05) is 76.4 Å². The average molecular weight is 1670 g/mol. The molecule has 20 nitrogen and oxygen atoms in total. The lowest BCUT2D eigenvalue weighted by atomic mass is 9.88. The molecule has 646 valence electrons. The van der Waals surface area contributed by atoms with Crippen molar-refractivity contribution >= 4 is 71.4 Å². The molecule has 0 spiro atoms. The lowest BCUT2D eigenvalue weighted by Gasteiger charge is -2.17. The van der Waals surface area contributed by atoms with Crippen LogP contribution in [0.4, 0.5) is 0 Å². The van der Waals surface area contributed by atoms with E-state index in [4.69, 9.17) is 27.8 Å². The molecule has 0 saturated carbocycles. The molecule has 0 amide bonds. The van der Waals surface area contributed by atoms with Gasteiger partial charge in [0.2, 0.25) is 6.79 Å². The second-order valence-electron chi connectivity index (χ2n) is 36.5. The Bertz CT molecular complexity index is 4540. The fourth-order valence-corrected chi connectivity index (χ4v) is 16.9. The minimum Gasteiger partial charge on any atom is -0.491 e. The molecular formula is C98H136N14O6S2. The summed E-state index contributed by atoms with van der Waals surface area (Å²) in [5.41, 5.74) is 33.2. The van der Waals surface area contributed by atoms with E-state index in [2.05, 4.69) is 329 Å². The van der Waals surface area contributed by atoms with E-state index in [9.17, 15) is 0 Å². The third kappa shape index (κ3) is 22.1. The molecular weight excluding hydrogens is 1530 g/mol. The van der Waals surface area contributed by atoms with Crippen LogP contribution in [0.2, 0.25) is 0 Å². The van der Waals surface area contributed by atoms with Crippen LogP contribution in [0.3, 0.4) is 0 Å². The highest BCUT2D eigenvalue weighted by Crippen LogP contribution is 2.45. The molecule has 10 aromatic heterocycles. The molecule has 0 atom stereocenters. The Hall–Kier alpha value is -9.28. The Balaban J connectivity index is 0.000000156. The monoisotopic (exact) mass is 1670 g/mol. The summed E-state index contributed by atoms with van der Waals surface area (Å²) >= 11 is 3.36. The molecule has 1 aliphatic carbocycles. The molecule has 12 aromatic rings. The summed E-state index contributed by atoms with van der Waals surface area (Å²) in [4.78, 5) is 26.4. The number of fused-ring (bicyclic) bond motifs is 8.